The van der Waals surface area contributed by atoms with E-state index in [-0.39, 0.29) is 0 Å². The van der Waals surface area contributed by atoms with Crippen molar-refractivity contribution >= 4 is 17.8 Å². The van der Waals surface area contributed by atoms with Gasteiger partial charge in [0.2, 0.25) is 0 Å². The van der Waals surface area contributed by atoms with Gasteiger partial charge in [-0.05, 0) is 42.8 Å². The molecule has 138 valence electrons. The van der Waals surface area contributed by atoms with Gasteiger partial charge in [0.25, 0.3) is 11.8 Å². The molecular weight excluding hydrogens is 336 g/mol. The standard InChI is InChI=1S/C19H22N2O5/c1-3-4-12-25-15-9-7-14(8-10-15)19(24)26-13-17(22)20-18(23)16-6-5-11-21(16)2/h5-11H,3-4,12-13H2,1-2H3,(H,20,22,23). The second-order valence-electron chi connectivity index (χ2n) is 5.68. The monoisotopic (exact) mass is 358 g/mol. The number of carbonyl (C=O) groups excluding carboxylic acids is 3. The van der Waals surface area contributed by atoms with Crippen molar-refractivity contribution < 1.29 is 23.9 Å². The SMILES string of the molecule is CCCCOc1ccc(C(=O)OCC(=O)NC(=O)c2cccn2C)cc1. The normalized spacial score (nSPS) is 10.2. The first kappa shape index (κ1) is 19.2. The fourth-order valence-corrected chi connectivity index (χ4v) is 2.16. The summed E-state index contributed by atoms with van der Waals surface area (Å²) in [7, 11) is 1.69. The van der Waals surface area contributed by atoms with E-state index in [2.05, 4.69) is 12.2 Å². The maximum atomic E-state index is 12.0. The molecule has 26 heavy (non-hydrogen) atoms. The van der Waals surface area contributed by atoms with Crippen molar-refractivity contribution in [2.24, 2.45) is 7.05 Å². The van der Waals surface area contributed by atoms with Crippen molar-refractivity contribution in [1.82, 2.24) is 9.88 Å². The number of carbonyl (C=O) groups is 3. The lowest BCUT2D eigenvalue weighted by molar-refractivity contribution is -0.123. The van der Waals surface area contributed by atoms with Crippen LogP contribution in [0.1, 0.15) is 40.6 Å². The summed E-state index contributed by atoms with van der Waals surface area (Å²) >= 11 is 0. The zero-order valence-corrected chi connectivity index (χ0v) is 14.9. The molecule has 0 aliphatic heterocycles. The average molecular weight is 358 g/mol. The Kier molecular flexibility index (Phi) is 6.96. The van der Waals surface area contributed by atoms with Gasteiger partial charge in [0, 0.05) is 13.2 Å². The highest BCUT2D eigenvalue weighted by Crippen LogP contribution is 2.13. The van der Waals surface area contributed by atoms with Gasteiger partial charge in [-0.2, -0.15) is 0 Å². The lowest BCUT2D eigenvalue weighted by Gasteiger charge is -2.08. The molecular formula is C19H22N2O5. The van der Waals surface area contributed by atoms with E-state index in [0.717, 1.165) is 12.8 Å². The Morgan fingerprint density at radius 1 is 1.12 bits per heavy atom. The van der Waals surface area contributed by atoms with Crippen LogP contribution in [0.5, 0.6) is 5.75 Å². The molecule has 7 heteroatoms. The van der Waals surface area contributed by atoms with E-state index in [9.17, 15) is 14.4 Å². The molecule has 0 unspecified atom stereocenters. The maximum Gasteiger partial charge on any atom is 0.338 e. The van der Waals surface area contributed by atoms with Crippen LogP contribution in [0.3, 0.4) is 0 Å². The number of hydrogen-bond donors (Lipinski definition) is 1. The smallest absolute Gasteiger partial charge is 0.338 e. The van der Waals surface area contributed by atoms with Gasteiger partial charge in [-0.15, -0.1) is 0 Å². The number of nitrogens with zero attached hydrogens (tertiary/aromatic N) is 1. The highest BCUT2D eigenvalue weighted by atomic mass is 16.5. The molecule has 1 aromatic carbocycles. The molecule has 2 amide bonds. The summed E-state index contributed by atoms with van der Waals surface area (Å²) in [5.74, 6) is -1.22. The van der Waals surface area contributed by atoms with Gasteiger partial charge in [-0.1, -0.05) is 13.3 Å². The lowest BCUT2D eigenvalue weighted by atomic mass is 10.2. The highest BCUT2D eigenvalue weighted by Gasteiger charge is 2.15. The van der Waals surface area contributed by atoms with Gasteiger partial charge in [0.15, 0.2) is 6.61 Å². The number of aromatic nitrogens is 1. The maximum absolute atomic E-state index is 12.0. The first-order valence-electron chi connectivity index (χ1n) is 8.36. The van der Waals surface area contributed by atoms with E-state index < -0.39 is 24.4 Å². The zero-order valence-electron chi connectivity index (χ0n) is 14.9. The summed E-state index contributed by atoms with van der Waals surface area (Å²) in [5, 5.41) is 2.17. The molecule has 2 aromatic rings. The number of imide groups is 1. The number of unbranched alkanes of at least 4 members (excludes halogenated alkanes) is 1. The fraction of sp³-hybridized carbons (Fsp3) is 0.316. The van der Waals surface area contributed by atoms with Crippen LogP contribution < -0.4 is 10.1 Å². The largest absolute Gasteiger partial charge is 0.494 e. The molecule has 0 aliphatic rings. The molecule has 0 fully saturated rings. The number of nitrogens with one attached hydrogen (secondary N) is 1. The van der Waals surface area contributed by atoms with Crippen molar-refractivity contribution in [2.45, 2.75) is 19.8 Å². The Morgan fingerprint density at radius 3 is 2.46 bits per heavy atom. The quantitative estimate of drug-likeness (QED) is 0.578. The number of ether oxygens (including phenoxy) is 2. The van der Waals surface area contributed by atoms with Crippen molar-refractivity contribution in [3.8, 4) is 5.75 Å². The number of rotatable bonds is 8. The second-order valence-corrected chi connectivity index (χ2v) is 5.68. The van der Waals surface area contributed by atoms with Crippen molar-refractivity contribution in [2.75, 3.05) is 13.2 Å². The van der Waals surface area contributed by atoms with E-state index in [0.29, 0.717) is 23.6 Å². The number of amides is 2. The van der Waals surface area contributed by atoms with Crippen molar-refractivity contribution in [3.05, 3.63) is 53.9 Å². The first-order chi connectivity index (χ1) is 12.5. The van der Waals surface area contributed by atoms with Gasteiger partial charge in [-0.25, -0.2) is 4.79 Å². The molecule has 0 radical (unpaired) electrons. The summed E-state index contributed by atoms with van der Waals surface area (Å²) in [6.45, 7) is 2.16. The summed E-state index contributed by atoms with van der Waals surface area (Å²) in [4.78, 5) is 35.6. The van der Waals surface area contributed by atoms with Crippen LogP contribution in [-0.2, 0) is 16.6 Å². The third-order valence-electron chi connectivity index (χ3n) is 3.62. The second kappa shape index (κ2) is 9.41. The number of hydrogen-bond acceptors (Lipinski definition) is 5. The minimum atomic E-state index is -0.691. The molecule has 1 N–H and O–H groups in total. The Balaban J connectivity index is 1.79. The Hall–Kier alpha value is -3.09. The fourth-order valence-electron chi connectivity index (χ4n) is 2.16. The third-order valence-corrected chi connectivity index (χ3v) is 3.62. The van der Waals surface area contributed by atoms with E-state index in [4.69, 9.17) is 9.47 Å². The molecule has 1 heterocycles. The third kappa shape index (κ3) is 5.47. The minimum Gasteiger partial charge on any atom is -0.494 e. The van der Waals surface area contributed by atoms with Crippen molar-refractivity contribution in [3.63, 3.8) is 0 Å². The molecule has 0 saturated carbocycles. The molecule has 0 saturated heterocycles. The van der Waals surface area contributed by atoms with Crippen LogP contribution in [0.4, 0.5) is 0 Å². The highest BCUT2D eigenvalue weighted by molar-refractivity contribution is 6.04. The first-order valence-corrected chi connectivity index (χ1v) is 8.36. The Morgan fingerprint density at radius 2 is 1.85 bits per heavy atom. The molecule has 2 rings (SSSR count). The summed E-state index contributed by atoms with van der Waals surface area (Å²) in [6, 6.07) is 9.75. The van der Waals surface area contributed by atoms with Crippen LogP contribution in [0.25, 0.3) is 0 Å². The van der Waals surface area contributed by atoms with Gasteiger partial charge >= 0.3 is 5.97 Å². The Labute approximate surface area is 151 Å². The predicted molar refractivity (Wildman–Crippen MR) is 95.0 cm³/mol. The molecule has 0 atom stereocenters. The van der Waals surface area contributed by atoms with E-state index in [1.165, 1.54) is 0 Å². The van der Waals surface area contributed by atoms with Gasteiger partial charge in [-0.3, -0.25) is 14.9 Å². The van der Waals surface area contributed by atoms with Crippen LogP contribution in [0.2, 0.25) is 0 Å². The predicted octanol–water partition coefficient (Wildman–Crippen LogP) is 2.32. The summed E-state index contributed by atoms with van der Waals surface area (Å²) in [5.41, 5.74) is 0.637. The molecule has 0 aliphatic carbocycles. The van der Waals surface area contributed by atoms with Crippen molar-refractivity contribution in [1.29, 1.82) is 0 Å². The number of aryl methyl sites for hydroxylation is 1. The van der Waals surface area contributed by atoms with E-state index in [1.807, 2.05) is 0 Å². The van der Waals surface area contributed by atoms with Crippen LogP contribution in [0, 0.1) is 0 Å². The van der Waals surface area contributed by atoms with Gasteiger partial charge in [0.1, 0.15) is 11.4 Å². The lowest BCUT2D eigenvalue weighted by Crippen LogP contribution is -2.35. The summed E-state index contributed by atoms with van der Waals surface area (Å²) in [6.07, 6.45) is 3.69. The summed E-state index contributed by atoms with van der Waals surface area (Å²) < 4.78 is 12.0. The minimum absolute atomic E-state index is 0.300. The topological polar surface area (TPSA) is 86.6 Å². The van der Waals surface area contributed by atoms with Crippen LogP contribution in [-0.4, -0.2) is 35.6 Å². The molecule has 0 spiro atoms. The van der Waals surface area contributed by atoms with E-state index >= 15 is 0 Å². The van der Waals surface area contributed by atoms with Crippen LogP contribution >= 0.6 is 0 Å². The average Bonchev–Trinajstić information content (AvgIpc) is 3.06. The Bertz CT molecular complexity index is 764. The van der Waals surface area contributed by atoms with Gasteiger partial charge in [0.05, 0.1) is 12.2 Å². The zero-order chi connectivity index (χ0) is 18.9. The molecule has 0 bridgehead atoms. The number of esters is 1. The van der Waals surface area contributed by atoms with Crippen LogP contribution in [0.15, 0.2) is 42.6 Å². The molecule has 7 nitrogen and oxygen atoms in total. The number of benzene rings is 1. The van der Waals surface area contributed by atoms with E-state index in [1.54, 1.807) is 54.2 Å². The molecule has 1 aromatic heterocycles. The van der Waals surface area contributed by atoms with Gasteiger partial charge < -0.3 is 14.0 Å².